The lowest BCUT2D eigenvalue weighted by Gasteiger charge is -2.26. The Labute approximate surface area is 180 Å². The van der Waals surface area contributed by atoms with Gasteiger partial charge >= 0.3 is 12.4 Å². The van der Waals surface area contributed by atoms with Gasteiger partial charge in [-0.15, -0.1) is 0 Å². The SMILES string of the molecule is CC=CC(Cc1c[nH]c2ccccc12)N(C)C(=O)c1cc(C(F)(F)F)cc(C(F)(F)F)c1. The number of carbonyl (C=O) groups is 1. The van der Waals surface area contributed by atoms with E-state index in [1.54, 1.807) is 25.3 Å². The van der Waals surface area contributed by atoms with Gasteiger partial charge in [0.2, 0.25) is 0 Å². The quantitative estimate of drug-likeness (QED) is 0.348. The number of amides is 1. The predicted molar refractivity (Wildman–Crippen MR) is 109 cm³/mol. The number of rotatable bonds is 5. The van der Waals surface area contributed by atoms with Crippen LogP contribution in [0.5, 0.6) is 0 Å². The third-order valence-electron chi connectivity index (χ3n) is 5.17. The van der Waals surface area contributed by atoms with Crippen LogP contribution in [0.2, 0.25) is 0 Å². The van der Waals surface area contributed by atoms with E-state index in [4.69, 9.17) is 0 Å². The number of alkyl halides is 6. The normalized spacial score (nSPS) is 13.6. The van der Waals surface area contributed by atoms with E-state index < -0.39 is 41.0 Å². The molecule has 0 saturated heterocycles. The van der Waals surface area contributed by atoms with Crippen LogP contribution in [0, 0.1) is 0 Å². The van der Waals surface area contributed by atoms with Crippen molar-refractivity contribution >= 4 is 16.8 Å². The van der Waals surface area contributed by atoms with Gasteiger partial charge in [0.25, 0.3) is 5.91 Å². The van der Waals surface area contributed by atoms with Crippen molar-refractivity contribution in [2.45, 2.75) is 31.7 Å². The van der Waals surface area contributed by atoms with Gasteiger partial charge in [-0.3, -0.25) is 4.79 Å². The molecule has 32 heavy (non-hydrogen) atoms. The number of likely N-dealkylation sites (N-methyl/N-ethyl adjacent to an activating group) is 1. The van der Waals surface area contributed by atoms with E-state index in [9.17, 15) is 31.1 Å². The lowest BCUT2D eigenvalue weighted by Crippen LogP contribution is -2.37. The van der Waals surface area contributed by atoms with Crippen LogP contribution in [0.25, 0.3) is 10.9 Å². The van der Waals surface area contributed by atoms with Crippen LogP contribution in [0.3, 0.4) is 0 Å². The van der Waals surface area contributed by atoms with Crippen molar-refractivity contribution in [3.63, 3.8) is 0 Å². The Bertz CT molecular complexity index is 1110. The van der Waals surface area contributed by atoms with Gasteiger partial charge in [-0.1, -0.05) is 30.4 Å². The maximum absolute atomic E-state index is 13.2. The first-order valence-corrected chi connectivity index (χ1v) is 9.66. The van der Waals surface area contributed by atoms with Gasteiger partial charge in [0.05, 0.1) is 17.2 Å². The Morgan fingerprint density at radius 3 is 2.19 bits per heavy atom. The average molecular weight is 454 g/mol. The third kappa shape index (κ3) is 4.98. The van der Waals surface area contributed by atoms with E-state index in [0.29, 0.717) is 18.6 Å². The zero-order valence-electron chi connectivity index (χ0n) is 17.2. The number of benzene rings is 2. The molecule has 1 atom stereocenters. The molecular formula is C23H20F6N2O. The summed E-state index contributed by atoms with van der Waals surface area (Å²) < 4.78 is 79.0. The second kappa shape index (κ2) is 8.72. The topological polar surface area (TPSA) is 36.1 Å². The molecule has 0 aliphatic heterocycles. The van der Waals surface area contributed by atoms with Crippen LogP contribution in [0.4, 0.5) is 26.3 Å². The molecule has 1 aromatic heterocycles. The molecule has 0 radical (unpaired) electrons. The first kappa shape index (κ1) is 23.4. The summed E-state index contributed by atoms with van der Waals surface area (Å²) in [6.07, 6.45) is -4.61. The molecule has 1 unspecified atom stereocenters. The molecule has 0 saturated carbocycles. The smallest absolute Gasteiger partial charge is 0.361 e. The molecule has 0 aliphatic carbocycles. The summed E-state index contributed by atoms with van der Waals surface area (Å²) in [6.45, 7) is 1.71. The Kier molecular flexibility index (Phi) is 6.39. The van der Waals surface area contributed by atoms with Crippen LogP contribution in [0.15, 0.2) is 60.8 Å². The van der Waals surface area contributed by atoms with Crippen molar-refractivity contribution in [3.05, 3.63) is 83.1 Å². The number of nitrogens with one attached hydrogen (secondary N) is 1. The van der Waals surface area contributed by atoms with Crippen molar-refractivity contribution in [1.82, 2.24) is 9.88 Å². The number of hydrogen-bond donors (Lipinski definition) is 1. The fourth-order valence-electron chi connectivity index (χ4n) is 3.51. The molecule has 0 fully saturated rings. The van der Waals surface area contributed by atoms with Gasteiger partial charge in [0.1, 0.15) is 0 Å². The molecule has 3 aromatic rings. The van der Waals surface area contributed by atoms with E-state index in [0.717, 1.165) is 21.4 Å². The first-order chi connectivity index (χ1) is 14.9. The number of carbonyl (C=O) groups excluding carboxylic acids is 1. The molecule has 0 aliphatic rings. The number of halogens is 6. The number of aromatic nitrogens is 1. The summed E-state index contributed by atoms with van der Waals surface area (Å²) in [5, 5.41) is 0.918. The minimum absolute atomic E-state index is 0.00610. The second-order valence-corrected chi connectivity index (χ2v) is 7.37. The fraction of sp³-hybridized carbons (Fsp3) is 0.261. The van der Waals surface area contributed by atoms with Gasteiger partial charge in [-0.2, -0.15) is 26.3 Å². The van der Waals surface area contributed by atoms with Gasteiger partial charge in [-0.25, -0.2) is 0 Å². The zero-order valence-corrected chi connectivity index (χ0v) is 17.2. The van der Waals surface area contributed by atoms with Crippen LogP contribution < -0.4 is 0 Å². The molecular weight excluding hydrogens is 434 g/mol. The molecule has 0 spiro atoms. The largest absolute Gasteiger partial charge is 0.416 e. The standard InChI is InChI=1S/C23H20F6N2O/c1-3-6-18(11-15-13-30-20-8-5-4-7-19(15)20)31(2)21(32)14-9-16(22(24,25)26)12-17(10-14)23(27,28)29/h3-10,12-13,18,30H,11H2,1-2H3. The minimum atomic E-state index is -5.03. The Morgan fingerprint density at radius 2 is 1.62 bits per heavy atom. The summed E-state index contributed by atoms with van der Waals surface area (Å²) in [7, 11) is 1.36. The van der Waals surface area contributed by atoms with Gasteiger partial charge in [0, 0.05) is 29.7 Å². The molecule has 9 heteroatoms. The van der Waals surface area contributed by atoms with E-state index >= 15 is 0 Å². The number of para-hydroxylation sites is 1. The number of fused-ring (bicyclic) bond motifs is 1. The Hall–Kier alpha value is -3.23. The second-order valence-electron chi connectivity index (χ2n) is 7.37. The van der Waals surface area contributed by atoms with Gasteiger partial charge < -0.3 is 9.88 Å². The monoisotopic (exact) mass is 454 g/mol. The van der Waals surface area contributed by atoms with Crippen molar-refractivity contribution < 1.29 is 31.1 Å². The maximum Gasteiger partial charge on any atom is 0.416 e. The number of aromatic amines is 1. The van der Waals surface area contributed by atoms with Crippen LogP contribution in [-0.2, 0) is 18.8 Å². The molecule has 1 heterocycles. The predicted octanol–water partition coefficient (Wildman–Crippen LogP) is 6.46. The van der Waals surface area contributed by atoms with E-state index in [1.807, 2.05) is 24.3 Å². The summed E-state index contributed by atoms with van der Waals surface area (Å²) in [5.74, 6) is -0.940. The molecule has 2 aromatic carbocycles. The van der Waals surface area contributed by atoms with E-state index in [1.165, 1.54) is 7.05 Å². The Morgan fingerprint density at radius 1 is 1.03 bits per heavy atom. The fourth-order valence-corrected chi connectivity index (χ4v) is 3.51. The molecule has 1 amide bonds. The molecule has 3 rings (SSSR count). The first-order valence-electron chi connectivity index (χ1n) is 9.66. The number of H-pyrrole nitrogens is 1. The number of allylic oxidation sites excluding steroid dienone is 1. The number of hydrogen-bond acceptors (Lipinski definition) is 1. The van der Waals surface area contributed by atoms with E-state index in [2.05, 4.69) is 4.98 Å². The highest BCUT2D eigenvalue weighted by molar-refractivity contribution is 5.95. The maximum atomic E-state index is 13.2. The molecule has 170 valence electrons. The highest BCUT2D eigenvalue weighted by Crippen LogP contribution is 2.36. The number of nitrogens with zero attached hydrogens (tertiary/aromatic N) is 1. The molecule has 1 N–H and O–H groups in total. The van der Waals surface area contributed by atoms with Crippen LogP contribution in [0.1, 0.15) is 34.0 Å². The lowest BCUT2D eigenvalue weighted by atomic mass is 10.0. The molecule has 0 bridgehead atoms. The summed E-state index contributed by atoms with van der Waals surface area (Å²) in [5.41, 5.74) is -1.98. The zero-order chi connectivity index (χ0) is 23.7. The van der Waals surface area contributed by atoms with Crippen LogP contribution in [-0.4, -0.2) is 28.9 Å². The summed E-state index contributed by atoms with van der Waals surface area (Å²) in [4.78, 5) is 17.2. The molecule has 3 nitrogen and oxygen atoms in total. The van der Waals surface area contributed by atoms with Gasteiger partial charge in [0.15, 0.2) is 0 Å². The summed E-state index contributed by atoms with van der Waals surface area (Å²) >= 11 is 0. The van der Waals surface area contributed by atoms with Crippen molar-refractivity contribution in [1.29, 1.82) is 0 Å². The minimum Gasteiger partial charge on any atom is -0.361 e. The highest BCUT2D eigenvalue weighted by Gasteiger charge is 2.38. The van der Waals surface area contributed by atoms with Crippen molar-refractivity contribution in [2.24, 2.45) is 0 Å². The van der Waals surface area contributed by atoms with Crippen molar-refractivity contribution in [2.75, 3.05) is 7.05 Å². The average Bonchev–Trinajstić information content (AvgIpc) is 3.13. The van der Waals surface area contributed by atoms with Crippen molar-refractivity contribution in [3.8, 4) is 0 Å². The van der Waals surface area contributed by atoms with E-state index in [-0.39, 0.29) is 6.07 Å². The lowest BCUT2D eigenvalue weighted by molar-refractivity contribution is -0.143. The van der Waals surface area contributed by atoms with Gasteiger partial charge in [-0.05, 0) is 43.2 Å². The highest BCUT2D eigenvalue weighted by atomic mass is 19.4. The van der Waals surface area contributed by atoms with Crippen LogP contribution >= 0.6 is 0 Å². The Balaban J connectivity index is 1.97. The summed E-state index contributed by atoms with van der Waals surface area (Å²) in [6, 6.07) is 7.78. The third-order valence-corrected chi connectivity index (χ3v) is 5.17.